The van der Waals surface area contributed by atoms with E-state index < -0.39 is 24.0 Å². The summed E-state index contributed by atoms with van der Waals surface area (Å²) in [5.41, 5.74) is 2.87. The quantitative estimate of drug-likeness (QED) is 0.795. The lowest BCUT2D eigenvalue weighted by molar-refractivity contribution is -0.175. The van der Waals surface area contributed by atoms with Gasteiger partial charge in [0.1, 0.15) is 17.1 Å². The summed E-state index contributed by atoms with van der Waals surface area (Å²) in [6.45, 7) is -0.729. The first-order chi connectivity index (χ1) is 9.90. The van der Waals surface area contributed by atoms with Crippen molar-refractivity contribution in [2.45, 2.75) is 11.6 Å². The Labute approximate surface area is 117 Å². The number of hydrogen-bond acceptors (Lipinski definition) is 3. The molecule has 21 heavy (non-hydrogen) atoms. The molecule has 1 atom stereocenters. The van der Waals surface area contributed by atoms with E-state index in [0.717, 1.165) is 12.1 Å². The fraction of sp³-hybridized carbons (Fsp3) is 0.214. The second kappa shape index (κ2) is 4.42. The first-order valence-electron chi connectivity index (χ1n) is 6.19. The van der Waals surface area contributed by atoms with Gasteiger partial charge in [-0.3, -0.25) is 0 Å². The molecule has 0 fully saturated rings. The van der Waals surface area contributed by atoms with Crippen LogP contribution in [0.4, 0.5) is 29.1 Å². The largest absolute Gasteiger partial charge is 0.403 e. The number of aromatic nitrogens is 1. The molecule has 1 aromatic carbocycles. The van der Waals surface area contributed by atoms with Gasteiger partial charge in [-0.25, -0.2) is 9.37 Å². The maximum absolute atomic E-state index is 13.8. The Morgan fingerprint density at radius 1 is 1.19 bits per heavy atom. The second-order valence-electron chi connectivity index (χ2n) is 4.82. The average Bonchev–Trinajstić information content (AvgIpc) is 2.43. The summed E-state index contributed by atoms with van der Waals surface area (Å²) in [6.07, 6.45) is -3.29. The standard InChI is InChI=1S/C14H11F4N3/c15-8-3-4-11-10(6-8)13(7-19,14(16,17)18)9-2-1-5-20-12(9)21-11/h1-6H,7,19H2,(H,20,21). The molecule has 1 aliphatic rings. The molecule has 0 aliphatic carbocycles. The summed E-state index contributed by atoms with van der Waals surface area (Å²) < 4.78 is 55.0. The molecule has 1 unspecified atom stereocenters. The molecule has 3 rings (SSSR count). The molecule has 0 radical (unpaired) electrons. The number of benzene rings is 1. The maximum Gasteiger partial charge on any atom is 0.403 e. The Bertz CT molecular complexity index is 699. The molecule has 3 N–H and O–H groups in total. The molecule has 1 aromatic heterocycles. The highest BCUT2D eigenvalue weighted by Gasteiger charge is 2.59. The van der Waals surface area contributed by atoms with Crippen LogP contribution in [0.3, 0.4) is 0 Å². The molecule has 0 amide bonds. The van der Waals surface area contributed by atoms with Gasteiger partial charge in [-0.05, 0) is 29.8 Å². The molecule has 2 aromatic rings. The lowest BCUT2D eigenvalue weighted by Crippen LogP contribution is -2.51. The zero-order valence-corrected chi connectivity index (χ0v) is 10.7. The van der Waals surface area contributed by atoms with Crippen LogP contribution in [0.5, 0.6) is 0 Å². The minimum atomic E-state index is -4.68. The first-order valence-corrected chi connectivity index (χ1v) is 6.19. The van der Waals surface area contributed by atoms with Crippen molar-refractivity contribution in [3.05, 3.63) is 53.5 Å². The van der Waals surface area contributed by atoms with Crippen LogP contribution >= 0.6 is 0 Å². The van der Waals surface area contributed by atoms with Crippen molar-refractivity contribution in [3.8, 4) is 0 Å². The van der Waals surface area contributed by atoms with Gasteiger partial charge in [-0.15, -0.1) is 0 Å². The van der Waals surface area contributed by atoms with Crippen molar-refractivity contribution < 1.29 is 17.6 Å². The number of fused-ring (bicyclic) bond motifs is 2. The Morgan fingerprint density at radius 2 is 1.95 bits per heavy atom. The molecule has 0 bridgehead atoms. The molecule has 0 spiro atoms. The first kappa shape index (κ1) is 13.8. The summed E-state index contributed by atoms with van der Waals surface area (Å²) in [7, 11) is 0. The van der Waals surface area contributed by atoms with E-state index in [1.54, 1.807) is 0 Å². The molecule has 3 nitrogen and oxygen atoms in total. The van der Waals surface area contributed by atoms with Crippen molar-refractivity contribution in [2.75, 3.05) is 11.9 Å². The van der Waals surface area contributed by atoms with Crippen LogP contribution in [-0.2, 0) is 5.41 Å². The Hall–Kier alpha value is -2.15. The van der Waals surface area contributed by atoms with Crippen LogP contribution in [0, 0.1) is 5.82 Å². The number of halogens is 4. The number of nitrogens with one attached hydrogen (secondary N) is 1. The smallest absolute Gasteiger partial charge is 0.340 e. The van der Waals surface area contributed by atoms with Gasteiger partial charge in [0.2, 0.25) is 0 Å². The third-order valence-electron chi connectivity index (χ3n) is 3.75. The monoisotopic (exact) mass is 297 g/mol. The number of alkyl halides is 3. The molecule has 2 heterocycles. The van der Waals surface area contributed by atoms with E-state index in [4.69, 9.17) is 5.73 Å². The van der Waals surface area contributed by atoms with Gasteiger partial charge in [-0.1, -0.05) is 6.07 Å². The van der Waals surface area contributed by atoms with Gasteiger partial charge in [0.05, 0.1) is 0 Å². The Balaban J connectivity index is 2.39. The van der Waals surface area contributed by atoms with E-state index in [1.807, 2.05) is 0 Å². The zero-order chi connectivity index (χ0) is 15.3. The Morgan fingerprint density at radius 3 is 2.62 bits per heavy atom. The number of nitrogens with zero attached hydrogens (tertiary/aromatic N) is 1. The number of nitrogens with two attached hydrogens (primary N) is 1. The summed E-state index contributed by atoms with van der Waals surface area (Å²) in [4.78, 5) is 3.94. The molecule has 1 aliphatic heterocycles. The van der Waals surface area contributed by atoms with E-state index in [0.29, 0.717) is 0 Å². The van der Waals surface area contributed by atoms with Crippen LogP contribution in [0.25, 0.3) is 0 Å². The zero-order valence-electron chi connectivity index (χ0n) is 10.7. The third-order valence-corrected chi connectivity index (χ3v) is 3.75. The van der Waals surface area contributed by atoms with Gasteiger partial charge in [0.15, 0.2) is 0 Å². The van der Waals surface area contributed by atoms with Gasteiger partial charge in [-0.2, -0.15) is 13.2 Å². The third kappa shape index (κ3) is 1.80. The van der Waals surface area contributed by atoms with Crippen LogP contribution in [0.2, 0.25) is 0 Å². The van der Waals surface area contributed by atoms with Crippen LogP contribution in [0.15, 0.2) is 36.5 Å². The number of rotatable bonds is 1. The average molecular weight is 297 g/mol. The lowest BCUT2D eigenvalue weighted by Gasteiger charge is -2.40. The minimum Gasteiger partial charge on any atom is -0.340 e. The number of hydrogen-bond donors (Lipinski definition) is 2. The number of anilines is 2. The van der Waals surface area contributed by atoms with E-state index in [9.17, 15) is 17.6 Å². The van der Waals surface area contributed by atoms with E-state index in [1.165, 1.54) is 24.4 Å². The molecular formula is C14H11F4N3. The van der Waals surface area contributed by atoms with E-state index >= 15 is 0 Å². The maximum atomic E-state index is 13.8. The molecular weight excluding hydrogens is 286 g/mol. The summed E-state index contributed by atoms with van der Waals surface area (Å²) >= 11 is 0. The molecule has 0 saturated carbocycles. The summed E-state index contributed by atoms with van der Waals surface area (Å²) in [6, 6.07) is 5.94. The van der Waals surface area contributed by atoms with Gasteiger partial charge in [0.25, 0.3) is 0 Å². The molecule has 110 valence electrons. The molecule has 7 heteroatoms. The topological polar surface area (TPSA) is 50.9 Å². The molecule has 0 saturated heterocycles. The highest BCUT2D eigenvalue weighted by Crippen LogP contribution is 2.53. The van der Waals surface area contributed by atoms with E-state index in [2.05, 4.69) is 10.3 Å². The summed E-state index contributed by atoms with van der Waals surface area (Å²) in [5.74, 6) is -0.663. The fourth-order valence-corrected chi connectivity index (χ4v) is 2.74. The normalized spacial score (nSPS) is 20.4. The highest BCUT2D eigenvalue weighted by atomic mass is 19.4. The fourth-order valence-electron chi connectivity index (χ4n) is 2.74. The predicted molar refractivity (Wildman–Crippen MR) is 69.8 cm³/mol. The van der Waals surface area contributed by atoms with Crippen LogP contribution in [-0.4, -0.2) is 17.7 Å². The highest BCUT2D eigenvalue weighted by molar-refractivity contribution is 5.74. The SMILES string of the molecule is NCC1(C(F)(F)F)c2cc(F)ccc2Nc2ncccc21. The van der Waals surface area contributed by atoms with Gasteiger partial charge < -0.3 is 11.1 Å². The predicted octanol–water partition coefficient (Wildman–Crippen LogP) is 3.08. The number of pyridine rings is 1. The van der Waals surface area contributed by atoms with Crippen molar-refractivity contribution >= 4 is 11.5 Å². The summed E-state index contributed by atoms with van der Waals surface area (Å²) in [5, 5.41) is 2.80. The van der Waals surface area contributed by atoms with Crippen molar-refractivity contribution in [1.29, 1.82) is 0 Å². The van der Waals surface area contributed by atoms with Crippen LogP contribution in [0.1, 0.15) is 11.1 Å². The van der Waals surface area contributed by atoms with Crippen molar-refractivity contribution in [2.24, 2.45) is 5.73 Å². The van der Waals surface area contributed by atoms with Crippen molar-refractivity contribution in [3.63, 3.8) is 0 Å². The second-order valence-corrected chi connectivity index (χ2v) is 4.82. The van der Waals surface area contributed by atoms with Gasteiger partial charge >= 0.3 is 6.18 Å². The minimum absolute atomic E-state index is 0.0828. The lowest BCUT2D eigenvalue weighted by atomic mass is 9.71. The Kier molecular flexibility index (Phi) is 2.91. The van der Waals surface area contributed by atoms with Crippen molar-refractivity contribution in [1.82, 2.24) is 4.98 Å². The van der Waals surface area contributed by atoms with Crippen LogP contribution < -0.4 is 11.1 Å². The van der Waals surface area contributed by atoms with E-state index in [-0.39, 0.29) is 22.6 Å². The van der Waals surface area contributed by atoms with Gasteiger partial charge in [0, 0.05) is 24.0 Å².